The van der Waals surface area contributed by atoms with Gasteiger partial charge in [-0.1, -0.05) is 24.3 Å². The van der Waals surface area contributed by atoms with Crippen LogP contribution in [-0.2, 0) is 22.5 Å². The van der Waals surface area contributed by atoms with Crippen molar-refractivity contribution in [3.05, 3.63) is 88.7 Å². The summed E-state index contributed by atoms with van der Waals surface area (Å²) < 4.78 is 35.6. The molecule has 1 saturated heterocycles. The molecule has 3 aromatic rings. The first kappa shape index (κ1) is 31.3. The number of hydrogen-bond acceptors (Lipinski definition) is 5. The van der Waals surface area contributed by atoms with Crippen LogP contribution in [0.2, 0.25) is 0 Å². The third kappa shape index (κ3) is 8.51. The van der Waals surface area contributed by atoms with E-state index in [9.17, 15) is 13.6 Å². The van der Waals surface area contributed by atoms with E-state index in [1.54, 1.807) is 12.1 Å². The van der Waals surface area contributed by atoms with E-state index in [-0.39, 0.29) is 47.6 Å². The second-order valence-corrected chi connectivity index (χ2v) is 13.4. The van der Waals surface area contributed by atoms with Crippen LogP contribution in [0.25, 0.3) is 0 Å². The highest BCUT2D eigenvalue weighted by molar-refractivity contribution is 5.72. The molecule has 2 fully saturated rings. The highest BCUT2D eigenvalue weighted by Gasteiger charge is 2.39. The molecule has 5 rings (SSSR count). The summed E-state index contributed by atoms with van der Waals surface area (Å²) in [6, 6.07) is 15.8. The molecule has 2 heterocycles. The van der Waals surface area contributed by atoms with Gasteiger partial charge in [-0.25, -0.2) is 8.78 Å². The summed E-state index contributed by atoms with van der Waals surface area (Å²) in [7, 11) is 0. The molecular weight excluding hydrogens is 546 g/mol. The van der Waals surface area contributed by atoms with Gasteiger partial charge in [0, 0.05) is 36.7 Å². The highest BCUT2D eigenvalue weighted by Crippen LogP contribution is 2.42. The number of ether oxygens (including phenoxy) is 1. The third-order valence-corrected chi connectivity index (χ3v) is 8.95. The molecule has 8 heteroatoms. The highest BCUT2D eigenvalue weighted by atomic mass is 19.1. The summed E-state index contributed by atoms with van der Waals surface area (Å²) in [6.07, 6.45) is 4.14. The van der Waals surface area contributed by atoms with Gasteiger partial charge in [0.25, 0.3) is 0 Å². The Balaban J connectivity index is 1.20. The molecule has 1 saturated carbocycles. The maximum atomic E-state index is 14.2. The lowest BCUT2D eigenvalue weighted by atomic mass is 9.87. The number of carbonyl (C=O) groups excluding carboxylic acids is 1. The van der Waals surface area contributed by atoms with Crippen LogP contribution in [0.3, 0.4) is 0 Å². The van der Waals surface area contributed by atoms with Crippen molar-refractivity contribution in [3.8, 4) is 0 Å². The number of halogens is 2. The van der Waals surface area contributed by atoms with E-state index in [0.29, 0.717) is 12.3 Å². The molecule has 1 N–H and O–H groups in total. The summed E-state index contributed by atoms with van der Waals surface area (Å²) >= 11 is 0. The van der Waals surface area contributed by atoms with Gasteiger partial charge in [0.1, 0.15) is 17.7 Å². The molecule has 2 aliphatic rings. The average molecular weight is 593 g/mol. The number of carbonyl (C=O) groups is 1. The van der Waals surface area contributed by atoms with Crippen LogP contribution < -0.4 is 5.32 Å². The minimum atomic E-state index is -0.231. The lowest BCUT2D eigenvalue weighted by Crippen LogP contribution is -2.40. The van der Waals surface area contributed by atoms with Crippen LogP contribution in [0.4, 0.5) is 8.78 Å². The number of piperidine rings is 1. The molecule has 0 bridgehead atoms. The fourth-order valence-corrected chi connectivity index (χ4v) is 6.79. The van der Waals surface area contributed by atoms with Gasteiger partial charge in [-0.15, -0.1) is 0 Å². The molecule has 0 amide bonds. The largest absolute Gasteiger partial charge is 0.461 e. The van der Waals surface area contributed by atoms with Crippen molar-refractivity contribution < 1.29 is 18.3 Å². The van der Waals surface area contributed by atoms with Crippen LogP contribution in [-0.4, -0.2) is 58.5 Å². The van der Waals surface area contributed by atoms with Crippen LogP contribution >= 0.6 is 0 Å². The molecule has 6 nitrogen and oxygen atoms in total. The first-order valence-electron chi connectivity index (χ1n) is 15.8. The molecule has 0 radical (unpaired) electrons. The number of benzene rings is 2. The molecule has 0 unspecified atom stereocenters. The smallest absolute Gasteiger partial charge is 0.320 e. The monoisotopic (exact) mass is 592 g/mol. The van der Waals surface area contributed by atoms with Gasteiger partial charge in [0.05, 0.1) is 12.2 Å². The van der Waals surface area contributed by atoms with Crippen molar-refractivity contribution in [1.29, 1.82) is 0 Å². The zero-order chi connectivity index (χ0) is 30.6. The van der Waals surface area contributed by atoms with E-state index in [1.807, 2.05) is 39.0 Å². The summed E-state index contributed by atoms with van der Waals surface area (Å²) in [5.74, 6) is 0.203. The lowest BCUT2D eigenvalue weighted by Gasteiger charge is -2.35. The molecule has 2 aromatic carbocycles. The average Bonchev–Trinajstić information content (AvgIpc) is 3.56. The minimum absolute atomic E-state index is 0.150. The molecule has 232 valence electrons. The normalized spacial score (nSPS) is 21.8. The number of likely N-dealkylation sites (tertiary alicyclic amines) is 1. The number of hydrogen-bond donors (Lipinski definition) is 1. The van der Waals surface area contributed by atoms with Gasteiger partial charge in [0.15, 0.2) is 0 Å². The zero-order valence-corrected chi connectivity index (χ0v) is 26.0. The topological polar surface area (TPSA) is 59.4 Å². The van der Waals surface area contributed by atoms with E-state index < -0.39 is 0 Å². The van der Waals surface area contributed by atoms with Crippen LogP contribution in [0.1, 0.15) is 87.7 Å². The van der Waals surface area contributed by atoms with Crippen molar-refractivity contribution >= 4 is 5.97 Å². The predicted molar refractivity (Wildman–Crippen MR) is 165 cm³/mol. The van der Waals surface area contributed by atoms with Crippen molar-refractivity contribution in [3.63, 3.8) is 0 Å². The van der Waals surface area contributed by atoms with Gasteiger partial charge in [-0.2, -0.15) is 5.10 Å². The van der Waals surface area contributed by atoms with Crippen molar-refractivity contribution in [2.24, 2.45) is 5.92 Å². The Labute approximate surface area is 254 Å². The molecular formula is C35H46F2N4O2. The molecule has 0 spiro atoms. The predicted octanol–water partition coefficient (Wildman–Crippen LogP) is 6.45. The van der Waals surface area contributed by atoms with Crippen molar-refractivity contribution in [2.45, 2.75) is 89.8 Å². The summed E-state index contributed by atoms with van der Waals surface area (Å²) in [4.78, 5) is 15.1. The Hall–Kier alpha value is -3.10. The van der Waals surface area contributed by atoms with Crippen LogP contribution in [0, 0.1) is 17.6 Å². The maximum Gasteiger partial charge on any atom is 0.320 e. The van der Waals surface area contributed by atoms with E-state index in [4.69, 9.17) is 9.84 Å². The zero-order valence-electron chi connectivity index (χ0n) is 26.0. The second kappa shape index (κ2) is 13.7. The fourth-order valence-electron chi connectivity index (χ4n) is 6.79. The van der Waals surface area contributed by atoms with Crippen molar-refractivity contribution in [2.75, 3.05) is 26.2 Å². The van der Waals surface area contributed by atoms with Crippen LogP contribution in [0.5, 0.6) is 0 Å². The SMILES string of the molecule is CCn1nc(Cc2ccc(F)cc2)cc1C1CCN(C[C@H]2C[C@H](OC(=O)CNC(C)(C)C)C[C@@H]2c2cccc(F)c2)CC1. The van der Waals surface area contributed by atoms with Gasteiger partial charge >= 0.3 is 5.97 Å². The quantitative estimate of drug-likeness (QED) is 0.275. The molecule has 1 aromatic heterocycles. The Morgan fingerprint density at radius 3 is 2.44 bits per heavy atom. The van der Waals surface area contributed by atoms with E-state index in [0.717, 1.165) is 68.7 Å². The minimum Gasteiger partial charge on any atom is -0.461 e. The summed E-state index contributed by atoms with van der Waals surface area (Å²) in [5.41, 5.74) is 4.20. The number of rotatable bonds is 10. The van der Waals surface area contributed by atoms with E-state index in [1.165, 1.54) is 23.9 Å². The van der Waals surface area contributed by atoms with Crippen molar-refractivity contribution in [1.82, 2.24) is 20.0 Å². The summed E-state index contributed by atoms with van der Waals surface area (Å²) in [5, 5.41) is 8.08. The molecule has 1 aliphatic carbocycles. The standard InChI is InChI=1S/C35H46F2N4O2/c1-5-41-33(20-30(39-41)17-24-9-11-28(36)12-10-24)25-13-15-40(16-14-25)23-27-19-31(43-34(42)22-38-35(2,3)4)21-32(27)26-7-6-8-29(37)18-26/h6-12,18,20,25,27,31-32,38H,5,13-17,19,21-23H2,1-4H3/t27-,31+,32-/m1/s1. The van der Waals surface area contributed by atoms with Gasteiger partial charge in [0.2, 0.25) is 0 Å². The Morgan fingerprint density at radius 1 is 1.02 bits per heavy atom. The Morgan fingerprint density at radius 2 is 1.77 bits per heavy atom. The Bertz CT molecular complexity index is 1360. The third-order valence-electron chi connectivity index (χ3n) is 8.95. The van der Waals surface area contributed by atoms with Gasteiger partial charge in [-0.05, 0) is 120 Å². The van der Waals surface area contributed by atoms with Crippen LogP contribution in [0.15, 0.2) is 54.6 Å². The first-order chi connectivity index (χ1) is 20.6. The Kier molecular flexibility index (Phi) is 9.97. The number of nitrogens with zero attached hydrogens (tertiary/aromatic N) is 3. The summed E-state index contributed by atoms with van der Waals surface area (Å²) in [6.45, 7) is 12.1. The molecule has 43 heavy (non-hydrogen) atoms. The number of aromatic nitrogens is 2. The molecule has 3 atom stereocenters. The first-order valence-corrected chi connectivity index (χ1v) is 15.8. The fraction of sp³-hybridized carbons (Fsp3) is 0.543. The number of nitrogens with one attached hydrogen (secondary N) is 1. The van der Waals surface area contributed by atoms with E-state index in [2.05, 4.69) is 27.9 Å². The number of aryl methyl sites for hydroxylation is 1. The molecule has 1 aliphatic heterocycles. The number of esters is 1. The van der Waals surface area contributed by atoms with Gasteiger partial charge in [-0.3, -0.25) is 9.48 Å². The maximum absolute atomic E-state index is 14.2. The second-order valence-electron chi connectivity index (χ2n) is 13.4. The lowest BCUT2D eigenvalue weighted by molar-refractivity contribution is -0.148. The van der Waals surface area contributed by atoms with E-state index >= 15 is 0 Å². The van der Waals surface area contributed by atoms with Gasteiger partial charge < -0.3 is 15.0 Å².